The number of para-hydroxylation sites is 1. The van der Waals surface area contributed by atoms with E-state index in [4.69, 9.17) is 16.3 Å². The van der Waals surface area contributed by atoms with E-state index >= 15 is 0 Å². The molecule has 0 aliphatic rings. The Hall–Kier alpha value is -1.85. The first-order valence-corrected chi connectivity index (χ1v) is 8.12. The van der Waals surface area contributed by atoms with E-state index in [9.17, 15) is 13.2 Å². The molecule has 0 spiro atoms. The molecule has 0 aliphatic carbocycles. The van der Waals surface area contributed by atoms with Gasteiger partial charge >= 0.3 is 0 Å². The Labute approximate surface area is 128 Å². The maximum Gasteiger partial charge on any atom is 0.187 e. The zero-order valence-electron chi connectivity index (χ0n) is 11.2. The van der Waals surface area contributed by atoms with Gasteiger partial charge in [-0.3, -0.25) is 4.79 Å². The van der Waals surface area contributed by atoms with Crippen LogP contribution >= 0.6 is 11.6 Å². The lowest BCUT2D eigenvalue weighted by molar-refractivity contribution is 0.101. The number of ketones is 1. The number of methoxy groups -OCH3 is 1. The molecule has 0 saturated carbocycles. The largest absolute Gasteiger partial charge is 0.496 e. The molecule has 2 aromatic rings. The van der Waals surface area contributed by atoms with Crippen LogP contribution < -0.4 is 4.74 Å². The van der Waals surface area contributed by atoms with E-state index in [2.05, 4.69) is 0 Å². The third kappa shape index (κ3) is 3.43. The van der Waals surface area contributed by atoms with Crippen LogP contribution in [0.1, 0.15) is 10.4 Å². The summed E-state index contributed by atoms with van der Waals surface area (Å²) in [6.45, 7) is 0. The highest BCUT2D eigenvalue weighted by Crippen LogP contribution is 2.24. The first-order valence-electron chi connectivity index (χ1n) is 6.09. The van der Waals surface area contributed by atoms with Crippen molar-refractivity contribution in [1.29, 1.82) is 0 Å². The summed E-state index contributed by atoms with van der Waals surface area (Å²) in [6, 6.07) is 12.5. The second-order valence-electron chi connectivity index (χ2n) is 4.31. The van der Waals surface area contributed by atoms with Crippen LogP contribution in [-0.4, -0.2) is 27.1 Å². The first kappa shape index (κ1) is 15.5. The van der Waals surface area contributed by atoms with Gasteiger partial charge in [0.2, 0.25) is 0 Å². The zero-order valence-corrected chi connectivity index (χ0v) is 12.8. The van der Waals surface area contributed by atoms with E-state index in [1.807, 2.05) is 0 Å². The van der Waals surface area contributed by atoms with Crippen LogP contribution in [0.25, 0.3) is 0 Å². The molecular weight excluding hydrogens is 312 g/mol. The number of rotatable bonds is 5. The summed E-state index contributed by atoms with van der Waals surface area (Å²) < 4.78 is 29.6. The van der Waals surface area contributed by atoms with E-state index < -0.39 is 21.4 Å². The minimum Gasteiger partial charge on any atom is -0.496 e. The summed E-state index contributed by atoms with van der Waals surface area (Å²) in [5, 5.41) is 0.102. The van der Waals surface area contributed by atoms with Crippen LogP contribution in [0.3, 0.4) is 0 Å². The molecule has 2 rings (SSSR count). The quantitative estimate of drug-likeness (QED) is 0.793. The average Bonchev–Trinajstić information content (AvgIpc) is 2.47. The van der Waals surface area contributed by atoms with E-state index in [0.29, 0.717) is 5.75 Å². The summed E-state index contributed by atoms with van der Waals surface area (Å²) in [5.41, 5.74) is 0.232. The van der Waals surface area contributed by atoms with Gasteiger partial charge in [-0.2, -0.15) is 0 Å². The number of halogens is 1. The van der Waals surface area contributed by atoms with Crippen molar-refractivity contribution in [3.8, 4) is 5.75 Å². The number of ether oxygens (including phenoxy) is 1. The molecule has 6 heteroatoms. The standard InChI is InChI=1S/C15H13ClO4S/c1-20-14-8-4-2-6-11(14)13(17)10-21(18,19)15-9-5-3-7-12(15)16/h2-9H,10H2,1H3. The molecule has 2 aromatic carbocycles. The minimum atomic E-state index is -3.80. The van der Waals surface area contributed by atoms with Gasteiger partial charge in [0, 0.05) is 0 Å². The van der Waals surface area contributed by atoms with Gasteiger partial charge in [0.1, 0.15) is 11.5 Å². The van der Waals surface area contributed by atoms with Gasteiger partial charge in [-0.15, -0.1) is 0 Å². The Bertz CT molecular complexity index is 769. The van der Waals surface area contributed by atoms with Gasteiger partial charge in [-0.1, -0.05) is 35.9 Å². The monoisotopic (exact) mass is 324 g/mol. The Balaban J connectivity index is 2.33. The molecule has 0 bridgehead atoms. The van der Waals surface area contributed by atoms with Crippen LogP contribution in [0.2, 0.25) is 5.02 Å². The van der Waals surface area contributed by atoms with Gasteiger partial charge in [0.15, 0.2) is 15.6 Å². The van der Waals surface area contributed by atoms with Crippen LogP contribution in [0.15, 0.2) is 53.4 Å². The molecule has 21 heavy (non-hydrogen) atoms. The molecule has 0 amide bonds. The predicted molar refractivity (Wildman–Crippen MR) is 80.8 cm³/mol. The molecule has 0 N–H and O–H groups in total. The van der Waals surface area contributed by atoms with Crippen LogP contribution in [-0.2, 0) is 9.84 Å². The fourth-order valence-electron chi connectivity index (χ4n) is 1.90. The van der Waals surface area contributed by atoms with E-state index in [1.54, 1.807) is 30.3 Å². The lowest BCUT2D eigenvalue weighted by Gasteiger charge is -2.08. The van der Waals surface area contributed by atoms with Crippen molar-refractivity contribution in [2.75, 3.05) is 12.9 Å². The molecule has 0 aliphatic heterocycles. The molecule has 0 unspecified atom stereocenters. The summed E-state index contributed by atoms with van der Waals surface area (Å²) >= 11 is 5.88. The zero-order chi connectivity index (χ0) is 15.5. The maximum atomic E-state index is 12.3. The van der Waals surface area contributed by atoms with Crippen LogP contribution in [0.4, 0.5) is 0 Å². The van der Waals surface area contributed by atoms with Crippen LogP contribution in [0, 0.1) is 0 Å². The Morgan fingerprint density at radius 3 is 2.38 bits per heavy atom. The fraction of sp³-hybridized carbons (Fsp3) is 0.133. The van der Waals surface area contributed by atoms with Crippen molar-refractivity contribution >= 4 is 27.2 Å². The molecule has 0 radical (unpaired) electrons. The fourth-order valence-corrected chi connectivity index (χ4v) is 3.70. The van der Waals surface area contributed by atoms with Crippen LogP contribution in [0.5, 0.6) is 5.75 Å². The number of hydrogen-bond acceptors (Lipinski definition) is 4. The normalized spacial score (nSPS) is 11.1. The van der Waals surface area contributed by atoms with Crippen molar-refractivity contribution < 1.29 is 17.9 Å². The molecular formula is C15H13ClO4S. The smallest absolute Gasteiger partial charge is 0.187 e. The van der Waals surface area contributed by atoms with Gasteiger partial charge < -0.3 is 4.74 Å². The summed E-state index contributed by atoms with van der Waals surface area (Å²) in [5.74, 6) is -0.846. The van der Waals surface area contributed by atoms with Crippen molar-refractivity contribution in [3.63, 3.8) is 0 Å². The molecule has 0 heterocycles. The lowest BCUT2D eigenvalue weighted by Crippen LogP contribution is -2.17. The number of carbonyl (C=O) groups excluding carboxylic acids is 1. The minimum absolute atomic E-state index is 0.0464. The van der Waals surface area contributed by atoms with Gasteiger partial charge in [0.25, 0.3) is 0 Å². The van der Waals surface area contributed by atoms with Crippen molar-refractivity contribution in [3.05, 3.63) is 59.1 Å². The molecule has 0 fully saturated rings. The second-order valence-corrected chi connectivity index (χ2v) is 6.68. The van der Waals surface area contributed by atoms with E-state index in [1.165, 1.54) is 25.3 Å². The summed E-state index contributed by atoms with van der Waals surface area (Å²) in [6.07, 6.45) is 0. The number of benzene rings is 2. The molecule has 110 valence electrons. The summed E-state index contributed by atoms with van der Waals surface area (Å²) in [4.78, 5) is 12.2. The van der Waals surface area contributed by atoms with Crippen molar-refractivity contribution in [2.45, 2.75) is 4.90 Å². The number of sulfone groups is 1. The van der Waals surface area contributed by atoms with E-state index in [-0.39, 0.29) is 15.5 Å². The Morgan fingerprint density at radius 2 is 1.71 bits per heavy atom. The first-order chi connectivity index (χ1) is 9.95. The van der Waals surface area contributed by atoms with E-state index in [0.717, 1.165) is 0 Å². The van der Waals surface area contributed by atoms with Gasteiger partial charge in [-0.25, -0.2) is 8.42 Å². The lowest BCUT2D eigenvalue weighted by atomic mass is 10.1. The Kier molecular flexibility index (Phi) is 4.65. The number of hydrogen-bond donors (Lipinski definition) is 0. The van der Waals surface area contributed by atoms with Gasteiger partial charge in [0.05, 0.1) is 22.6 Å². The summed E-state index contributed by atoms with van der Waals surface area (Å²) in [7, 11) is -2.38. The second kappa shape index (κ2) is 6.28. The molecule has 0 saturated heterocycles. The number of carbonyl (C=O) groups is 1. The third-order valence-corrected chi connectivity index (χ3v) is 5.01. The molecule has 0 atom stereocenters. The highest BCUT2D eigenvalue weighted by Gasteiger charge is 2.24. The highest BCUT2D eigenvalue weighted by atomic mass is 35.5. The molecule has 4 nitrogen and oxygen atoms in total. The van der Waals surface area contributed by atoms with Crippen molar-refractivity contribution in [1.82, 2.24) is 0 Å². The SMILES string of the molecule is COc1ccccc1C(=O)CS(=O)(=O)c1ccccc1Cl. The molecule has 0 aromatic heterocycles. The maximum absolute atomic E-state index is 12.3. The highest BCUT2D eigenvalue weighted by molar-refractivity contribution is 7.92. The number of Topliss-reactive ketones (excluding diaryl/α,β-unsaturated/α-hetero) is 1. The predicted octanol–water partition coefficient (Wildman–Crippen LogP) is 3.01. The van der Waals surface area contributed by atoms with Crippen molar-refractivity contribution in [2.24, 2.45) is 0 Å². The third-order valence-electron chi connectivity index (χ3n) is 2.90. The van der Waals surface area contributed by atoms with Gasteiger partial charge in [-0.05, 0) is 24.3 Å². The topological polar surface area (TPSA) is 60.4 Å². The average molecular weight is 325 g/mol. The Morgan fingerprint density at radius 1 is 1.10 bits per heavy atom.